The number of nitrogens with one attached hydrogen (secondary N) is 1. The highest BCUT2D eigenvalue weighted by Crippen LogP contribution is 2.11. The maximum Gasteiger partial charge on any atom is 0.303 e. The summed E-state index contributed by atoms with van der Waals surface area (Å²) >= 11 is 0. The number of hydrogen-bond donors (Lipinski definition) is 3. The van der Waals surface area contributed by atoms with Crippen molar-refractivity contribution in [2.45, 2.75) is 31.8 Å². The number of carbonyl (C=O) groups is 2. The van der Waals surface area contributed by atoms with Crippen molar-refractivity contribution in [1.29, 1.82) is 0 Å². The maximum absolute atomic E-state index is 11.6. The van der Waals surface area contributed by atoms with Crippen LogP contribution in [-0.4, -0.2) is 28.6 Å². The molecule has 0 radical (unpaired) electrons. The largest absolute Gasteiger partial charge is 0.481 e. The Hall–Kier alpha value is -1.88. The van der Waals surface area contributed by atoms with Crippen molar-refractivity contribution in [3.63, 3.8) is 0 Å². The van der Waals surface area contributed by atoms with E-state index in [9.17, 15) is 14.7 Å². The van der Waals surface area contributed by atoms with E-state index in [4.69, 9.17) is 5.11 Å². The van der Waals surface area contributed by atoms with Gasteiger partial charge in [0.05, 0.1) is 0 Å². The molecule has 19 heavy (non-hydrogen) atoms. The van der Waals surface area contributed by atoms with Gasteiger partial charge in [0, 0.05) is 13.0 Å². The molecule has 0 aliphatic rings. The molecule has 1 unspecified atom stereocenters. The Balaban J connectivity index is 2.19. The van der Waals surface area contributed by atoms with Gasteiger partial charge in [0.2, 0.25) is 0 Å². The van der Waals surface area contributed by atoms with Gasteiger partial charge in [0.1, 0.15) is 0 Å². The van der Waals surface area contributed by atoms with Gasteiger partial charge in [-0.25, -0.2) is 0 Å². The SMILES string of the molecule is O=C(O)CCCCCNC(=O)C(O)c1ccccc1. The van der Waals surface area contributed by atoms with Crippen LogP contribution in [0, 0.1) is 0 Å². The van der Waals surface area contributed by atoms with Crippen LogP contribution in [0.4, 0.5) is 0 Å². The van der Waals surface area contributed by atoms with Crippen LogP contribution >= 0.6 is 0 Å². The third-order valence-corrected chi connectivity index (χ3v) is 2.73. The minimum Gasteiger partial charge on any atom is -0.481 e. The monoisotopic (exact) mass is 265 g/mol. The number of benzene rings is 1. The number of hydrogen-bond acceptors (Lipinski definition) is 3. The Kier molecular flexibility index (Phi) is 6.60. The van der Waals surface area contributed by atoms with E-state index >= 15 is 0 Å². The lowest BCUT2D eigenvalue weighted by Gasteiger charge is -2.11. The van der Waals surface area contributed by atoms with Crippen molar-refractivity contribution in [2.75, 3.05) is 6.54 Å². The molecule has 3 N–H and O–H groups in total. The second-order valence-electron chi connectivity index (χ2n) is 4.31. The third kappa shape index (κ3) is 6.01. The van der Waals surface area contributed by atoms with E-state index in [-0.39, 0.29) is 6.42 Å². The zero-order valence-corrected chi connectivity index (χ0v) is 10.7. The van der Waals surface area contributed by atoms with E-state index in [2.05, 4.69) is 5.32 Å². The summed E-state index contributed by atoms with van der Waals surface area (Å²) < 4.78 is 0. The van der Waals surface area contributed by atoms with Crippen LogP contribution in [0.3, 0.4) is 0 Å². The highest BCUT2D eigenvalue weighted by Gasteiger charge is 2.15. The molecule has 1 rings (SSSR count). The van der Waals surface area contributed by atoms with Gasteiger partial charge < -0.3 is 15.5 Å². The van der Waals surface area contributed by atoms with Crippen LogP contribution in [0.15, 0.2) is 30.3 Å². The molecular weight excluding hydrogens is 246 g/mol. The summed E-state index contributed by atoms with van der Waals surface area (Å²) in [5.41, 5.74) is 0.561. The lowest BCUT2D eigenvalue weighted by Crippen LogP contribution is -2.30. The molecule has 0 bridgehead atoms. The Bertz CT molecular complexity index is 405. The number of aliphatic hydroxyl groups excluding tert-OH is 1. The molecule has 1 aromatic carbocycles. The minimum absolute atomic E-state index is 0.153. The molecule has 1 atom stereocenters. The summed E-state index contributed by atoms with van der Waals surface area (Å²) in [5.74, 6) is -1.23. The number of unbranched alkanes of at least 4 members (excludes halogenated alkanes) is 2. The fraction of sp³-hybridized carbons (Fsp3) is 0.429. The average Bonchev–Trinajstić information content (AvgIpc) is 2.42. The molecule has 5 nitrogen and oxygen atoms in total. The summed E-state index contributed by atoms with van der Waals surface area (Å²) in [7, 11) is 0. The molecule has 1 aromatic rings. The highest BCUT2D eigenvalue weighted by atomic mass is 16.4. The standard InChI is InChI=1S/C14H19NO4/c16-12(17)9-5-2-6-10-15-14(19)13(18)11-7-3-1-4-8-11/h1,3-4,7-8,13,18H,2,5-6,9-10H2,(H,15,19)(H,16,17). The van der Waals surface area contributed by atoms with E-state index in [1.807, 2.05) is 6.07 Å². The van der Waals surface area contributed by atoms with Crippen molar-refractivity contribution in [3.05, 3.63) is 35.9 Å². The molecule has 0 saturated heterocycles. The number of carbonyl (C=O) groups excluding carboxylic acids is 1. The number of carboxylic acids is 1. The normalized spacial score (nSPS) is 11.8. The Morgan fingerprint density at radius 1 is 1.11 bits per heavy atom. The first-order valence-electron chi connectivity index (χ1n) is 6.34. The molecule has 0 spiro atoms. The van der Waals surface area contributed by atoms with E-state index < -0.39 is 18.0 Å². The third-order valence-electron chi connectivity index (χ3n) is 2.73. The molecule has 0 aromatic heterocycles. The summed E-state index contributed by atoms with van der Waals surface area (Å²) in [5, 5.41) is 20.9. The van der Waals surface area contributed by atoms with Crippen molar-refractivity contribution in [3.8, 4) is 0 Å². The first kappa shape index (κ1) is 15.2. The fourth-order valence-corrected chi connectivity index (χ4v) is 1.67. The second kappa shape index (κ2) is 8.26. The summed E-state index contributed by atoms with van der Waals surface area (Å²) in [6.07, 6.45) is 1.06. The number of rotatable bonds is 8. The van der Waals surface area contributed by atoms with Crippen molar-refractivity contribution in [1.82, 2.24) is 5.32 Å². The fourth-order valence-electron chi connectivity index (χ4n) is 1.67. The van der Waals surface area contributed by atoms with Crippen LogP contribution in [0.5, 0.6) is 0 Å². The smallest absolute Gasteiger partial charge is 0.303 e. The van der Waals surface area contributed by atoms with Gasteiger partial charge in [-0.3, -0.25) is 9.59 Å². The van der Waals surface area contributed by atoms with E-state index in [0.29, 0.717) is 24.9 Å². The first-order valence-corrected chi connectivity index (χ1v) is 6.34. The predicted octanol–water partition coefficient (Wildman–Crippen LogP) is 1.48. The van der Waals surface area contributed by atoms with Gasteiger partial charge in [-0.05, 0) is 18.4 Å². The number of carboxylic acid groups (broad SMARTS) is 1. The van der Waals surface area contributed by atoms with Gasteiger partial charge in [-0.1, -0.05) is 36.8 Å². The lowest BCUT2D eigenvalue weighted by molar-refractivity contribution is -0.137. The molecular formula is C14H19NO4. The topological polar surface area (TPSA) is 86.6 Å². The zero-order valence-electron chi connectivity index (χ0n) is 10.7. The number of aliphatic hydroxyl groups is 1. The highest BCUT2D eigenvalue weighted by molar-refractivity contribution is 5.81. The summed E-state index contributed by atoms with van der Waals surface area (Å²) in [6.45, 7) is 0.447. The van der Waals surface area contributed by atoms with Crippen LogP contribution in [-0.2, 0) is 9.59 Å². The molecule has 104 valence electrons. The number of aliphatic carboxylic acids is 1. The van der Waals surface area contributed by atoms with Crippen LogP contribution in [0.1, 0.15) is 37.4 Å². The van der Waals surface area contributed by atoms with Gasteiger partial charge in [-0.15, -0.1) is 0 Å². The summed E-state index contributed by atoms with van der Waals surface area (Å²) in [6, 6.07) is 8.72. The number of amides is 1. The predicted molar refractivity (Wildman–Crippen MR) is 70.5 cm³/mol. The van der Waals surface area contributed by atoms with Gasteiger partial charge in [0.25, 0.3) is 5.91 Å². The molecule has 5 heteroatoms. The van der Waals surface area contributed by atoms with E-state index in [0.717, 1.165) is 6.42 Å². The minimum atomic E-state index is -1.15. The average molecular weight is 265 g/mol. The first-order chi connectivity index (χ1) is 9.11. The molecule has 1 amide bonds. The van der Waals surface area contributed by atoms with Gasteiger partial charge >= 0.3 is 5.97 Å². The van der Waals surface area contributed by atoms with Gasteiger partial charge in [0.15, 0.2) is 6.10 Å². The Morgan fingerprint density at radius 3 is 2.42 bits per heavy atom. The van der Waals surface area contributed by atoms with Crippen LogP contribution in [0.25, 0.3) is 0 Å². The second-order valence-corrected chi connectivity index (χ2v) is 4.31. The molecule has 0 aliphatic heterocycles. The van der Waals surface area contributed by atoms with E-state index in [1.54, 1.807) is 24.3 Å². The van der Waals surface area contributed by atoms with Crippen molar-refractivity contribution >= 4 is 11.9 Å². The summed E-state index contributed by atoms with van der Waals surface area (Å²) in [4.78, 5) is 21.9. The Labute approximate surface area is 112 Å². The molecule has 0 fully saturated rings. The van der Waals surface area contributed by atoms with Crippen molar-refractivity contribution in [2.24, 2.45) is 0 Å². The molecule has 0 heterocycles. The van der Waals surface area contributed by atoms with Gasteiger partial charge in [-0.2, -0.15) is 0 Å². The molecule has 0 aliphatic carbocycles. The van der Waals surface area contributed by atoms with Crippen molar-refractivity contribution < 1.29 is 19.8 Å². The maximum atomic E-state index is 11.6. The lowest BCUT2D eigenvalue weighted by atomic mass is 10.1. The zero-order chi connectivity index (χ0) is 14.1. The molecule has 0 saturated carbocycles. The van der Waals surface area contributed by atoms with Crippen LogP contribution in [0.2, 0.25) is 0 Å². The van der Waals surface area contributed by atoms with Crippen LogP contribution < -0.4 is 5.32 Å². The quantitative estimate of drug-likeness (QED) is 0.621. The van der Waals surface area contributed by atoms with E-state index in [1.165, 1.54) is 0 Å². The Morgan fingerprint density at radius 2 is 1.79 bits per heavy atom.